The number of phosphoric ester groups is 1. The molecule has 2 aromatic rings. The largest absolute Gasteiger partial charge is 0.530 e. The van der Waals surface area contributed by atoms with Gasteiger partial charge in [-0.3, -0.25) is 13.8 Å². The van der Waals surface area contributed by atoms with E-state index in [1.54, 1.807) is 44.2 Å². The monoisotopic (exact) mass is 495 g/mol. The van der Waals surface area contributed by atoms with Crippen molar-refractivity contribution in [1.82, 2.24) is 0 Å². The van der Waals surface area contributed by atoms with E-state index in [2.05, 4.69) is 5.32 Å². The third-order valence-corrected chi connectivity index (χ3v) is 5.94. The van der Waals surface area contributed by atoms with Crippen molar-refractivity contribution in [2.24, 2.45) is 0 Å². The fraction of sp³-hybridized carbons (Fsp3) is 0.348. The molecule has 0 saturated heterocycles. The van der Waals surface area contributed by atoms with E-state index in [1.807, 2.05) is 0 Å². The molecule has 0 saturated carbocycles. The number of anilines is 1. The van der Waals surface area contributed by atoms with E-state index in [9.17, 15) is 9.36 Å². The molecule has 0 aliphatic rings. The molecule has 10 nitrogen and oxygen atoms in total. The molecular formula is C23H30NO9P. The number of methoxy groups -OCH3 is 4. The number of nitrogens with one attached hydrogen (secondary N) is 1. The van der Waals surface area contributed by atoms with Crippen molar-refractivity contribution in [1.29, 1.82) is 0 Å². The number of carbonyl (C=O) groups is 1. The zero-order chi connectivity index (χ0) is 25.1. The highest BCUT2D eigenvalue weighted by atomic mass is 31.2. The maximum atomic E-state index is 12.8. The summed E-state index contributed by atoms with van der Waals surface area (Å²) in [5.74, 6) is 1.45. The van der Waals surface area contributed by atoms with Crippen LogP contribution >= 0.6 is 7.82 Å². The number of ether oxygens (including phenoxy) is 4. The lowest BCUT2D eigenvalue weighted by Gasteiger charge is -2.19. The Morgan fingerprint density at radius 1 is 0.853 bits per heavy atom. The quantitative estimate of drug-likeness (QED) is 0.305. The number of hydrogen-bond acceptors (Lipinski definition) is 9. The number of hydrogen-bond donors (Lipinski definition) is 1. The number of rotatable bonds is 13. The van der Waals surface area contributed by atoms with Crippen LogP contribution in [0.1, 0.15) is 19.4 Å². The molecule has 0 radical (unpaired) electrons. The van der Waals surface area contributed by atoms with Crippen LogP contribution in [0.3, 0.4) is 0 Å². The van der Waals surface area contributed by atoms with Crippen LogP contribution in [-0.4, -0.2) is 47.6 Å². The molecule has 186 valence electrons. The number of benzene rings is 2. The van der Waals surface area contributed by atoms with Crippen molar-refractivity contribution in [2.45, 2.75) is 13.8 Å². The molecule has 0 fully saturated rings. The van der Waals surface area contributed by atoms with Crippen LogP contribution in [0.2, 0.25) is 0 Å². The normalized spacial score (nSPS) is 11.2. The van der Waals surface area contributed by atoms with Gasteiger partial charge in [-0.05, 0) is 32.1 Å². The Bertz CT molecular complexity index is 1020. The van der Waals surface area contributed by atoms with Gasteiger partial charge in [0.05, 0.1) is 47.2 Å². The first-order valence-electron chi connectivity index (χ1n) is 10.4. The molecule has 0 atom stereocenters. The lowest BCUT2D eigenvalue weighted by molar-refractivity contribution is -0.111. The maximum Gasteiger partial charge on any atom is 0.530 e. The summed E-state index contributed by atoms with van der Waals surface area (Å²) in [7, 11) is 2.13. The van der Waals surface area contributed by atoms with E-state index < -0.39 is 13.7 Å². The van der Waals surface area contributed by atoms with Gasteiger partial charge < -0.3 is 28.8 Å². The Balaban J connectivity index is 2.26. The Kier molecular flexibility index (Phi) is 10.2. The molecule has 0 bridgehead atoms. The molecule has 0 spiro atoms. The van der Waals surface area contributed by atoms with Crippen LogP contribution in [0, 0.1) is 0 Å². The van der Waals surface area contributed by atoms with Gasteiger partial charge in [0, 0.05) is 30.0 Å². The Morgan fingerprint density at radius 3 is 1.94 bits per heavy atom. The molecular weight excluding hydrogens is 465 g/mol. The molecule has 0 aliphatic carbocycles. The zero-order valence-electron chi connectivity index (χ0n) is 20.1. The Hall–Kier alpha value is -3.20. The van der Waals surface area contributed by atoms with Crippen molar-refractivity contribution >= 4 is 25.5 Å². The van der Waals surface area contributed by atoms with Gasteiger partial charge in [0.25, 0.3) is 0 Å². The molecule has 2 aromatic carbocycles. The van der Waals surface area contributed by atoms with Gasteiger partial charge >= 0.3 is 7.82 Å². The van der Waals surface area contributed by atoms with Crippen molar-refractivity contribution in [3.05, 3.63) is 42.0 Å². The minimum Gasteiger partial charge on any atom is -0.496 e. The van der Waals surface area contributed by atoms with Gasteiger partial charge in [0.15, 0.2) is 11.5 Å². The maximum absolute atomic E-state index is 12.8. The minimum atomic E-state index is -3.86. The van der Waals surface area contributed by atoms with E-state index in [0.29, 0.717) is 34.2 Å². The molecule has 2 rings (SSSR count). The lowest BCUT2D eigenvalue weighted by Crippen LogP contribution is -2.09. The van der Waals surface area contributed by atoms with Gasteiger partial charge in [-0.15, -0.1) is 0 Å². The average molecular weight is 495 g/mol. The number of carbonyl (C=O) groups excluding carboxylic acids is 1. The van der Waals surface area contributed by atoms with Gasteiger partial charge in [0.1, 0.15) is 17.2 Å². The minimum absolute atomic E-state index is 0.0907. The van der Waals surface area contributed by atoms with Crippen LogP contribution < -0.4 is 28.8 Å². The second-order valence-corrected chi connectivity index (χ2v) is 8.10. The Morgan fingerprint density at radius 2 is 1.44 bits per heavy atom. The molecule has 34 heavy (non-hydrogen) atoms. The summed E-state index contributed by atoms with van der Waals surface area (Å²) in [4.78, 5) is 12.6. The van der Waals surface area contributed by atoms with E-state index in [4.69, 9.17) is 32.5 Å². The first-order valence-corrected chi connectivity index (χ1v) is 11.8. The van der Waals surface area contributed by atoms with Crippen molar-refractivity contribution in [3.8, 4) is 28.7 Å². The highest BCUT2D eigenvalue weighted by Crippen LogP contribution is 2.51. The predicted molar refractivity (Wildman–Crippen MR) is 128 cm³/mol. The summed E-state index contributed by atoms with van der Waals surface area (Å²) < 4.78 is 49.9. The third kappa shape index (κ3) is 7.15. The van der Waals surface area contributed by atoms with Crippen LogP contribution in [0.25, 0.3) is 6.08 Å². The molecule has 0 unspecified atom stereocenters. The van der Waals surface area contributed by atoms with Crippen LogP contribution in [-0.2, 0) is 18.4 Å². The second kappa shape index (κ2) is 12.9. The summed E-state index contributed by atoms with van der Waals surface area (Å²) in [5, 5.41) is 2.71. The highest BCUT2D eigenvalue weighted by molar-refractivity contribution is 7.48. The fourth-order valence-corrected chi connectivity index (χ4v) is 4.09. The second-order valence-electron chi connectivity index (χ2n) is 6.51. The van der Waals surface area contributed by atoms with Gasteiger partial charge in [-0.25, -0.2) is 4.57 Å². The third-order valence-electron chi connectivity index (χ3n) is 4.37. The summed E-state index contributed by atoms with van der Waals surface area (Å²) in [6.45, 7) is 3.59. The van der Waals surface area contributed by atoms with Crippen molar-refractivity contribution in [2.75, 3.05) is 47.0 Å². The fourth-order valence-electron chi connectivity index (χ4n) is 2.89. The van der Waals surface area contributed by atoms with Crippen LogP contribution in [0.4, 0.5) is 5.69 Å². The molecule has 1 amide bonds. The number of amides is 1. The standard InChI is InChI=1S/C23H30NO9P/c1-7-31-34(26,32-8-2)33-22-13-16(9-11-19(22)28-4)24-23(25)12-10-18-20(29-5)14-17(27-3)15-21(18)30-6/h9-15H,7-8H2,1-6H3,(H,24,25). The van der Waals surface area contributed by atoms with Crippen LogP contribution in [0.15, 0.2) is 36.4 Å². The van der Waals surface area contributed by atoms with E-state index in [1.165, 1.54) is 40.6 Å². The summed E-state index contributed by atoms with van der Waals surface area (Å²) in [6, 6.07) is 8.00. The van der Waals surface area contributed by atoms with Gasteiger partial charge in [-0.2, -0.15) is 0 Å². The predicted octanol–water partition coefficient (Wildman–Crippen LogP) is 4.93. The number of phosphoric acid groups is 1. The Labute approximate surface area is 199 Å². The average Bonchev–Trinajstić information content (AvgIpc) is 2.82. The molecule has 1 N–H and O–H groups in total. The SMILES string of the molecule is CCOP(=O)(OCC)Oc1cc(NC(=O)C=Cc2c(OC)cc(OC)cc2OC)ccc1OC. The molecule has 0 aromatic heterocycles. The van der Waals surface area contributed by atoms with Gasteiger partial charge in [-0.1, -0.05) is 0 Å². The van der Waals surface area contributed by atoms with Crippen LogP contribution in [0.5, 0.6) is 28.7 Å². The molecule has 11 heteroatoms. The van der Waals surface area contributed by atoms with E-state index in [0.717, 1.165) is 0 Å². The molecule has 0 heterocycles. The summed E-state index contributed by atoms with van der Waals surface area (Å²) in [5.41, 5.74) is 0.938. The topological polar surface area (TPSA) is 111 Å². The first-order chi connectivity index (χ1) is 16.3. The zero-order valence-corrected chi connectivity index (χ0v) is 21.0. The van der Waals surface area contributed by atoms with E-state index in [-0.39, 0.29) is 19.0 Å². The van der Waals surface area contributed by atoms with Gasteiger partial charge in [0.2, 0.25) is 5.91 Å². The van der Waals surface area contributed by atoms with Crippen molar-refractivity contribution < 1.29 is 41.9 Å². The van der Waals surface area contributed by atoms with E-state index >= 15 is 0 Å². The lowest BCUT2D eigenvalue weighted by atomic mass is 10.1. The smallest absolute Gasteiger partial charge is 0.496 e. The summed E-state index contributed by atoms with van der Waals surface area (Å²) >= 11 is 0. The van der Waals surface area contributed by atoms with Crippen molar-refractivity contribution in [3.63, 3.8) is 0 Å². The first kappa shape index (κ1) is 27.0. The molecule has 0 aliphatic heterocycles. The summed E-state index contributed by atoms with van der Waals surface area (Å²) in [6.07, 6.45) is 2.88. The highest BCUT2D eigenvalue weighted by Gasteiger charge is 2.29.